The Kier molecular flexibility index (Phi) is 3.31. The minimum atomic E-state index is -1.07. The Bertz CT molecular complexity index is 790. The lowest BCUT2D eigenvalue weighted by molar-refractivity contribution is 0.0690. The van der Waals surface area contributed by atoms with E-state index in [1.54, 1.807) is 7.11 Å². The van der Waals surface area contributed by atoms with Crippen molar-refractivity contribution in [2.45, 2.75) is 13.1 Å². The summed E-state index contributed by atoms with van der Waals surface area (Å²) in [6.45, 7) is 1.21. The second-order valence-corrected chi connectivity index (χ2v) is 4.57. The largest absolute Gasteiger partial charge is 0.496 e. The van der Waals surface area contributed by atoms with Crippen LogP contribution in [0.5, 0.6) is 5.75 Å². The van der Waals surface area contributed by atoms with Crippen molar-refractivity contribution < 1.29 is 14.6 Å². The van der Waals surface area contributed by atoms with Crippen LogP contribution in [0.3, 0.4) is 0 Å². The summed E-state index contributed by atoms with van der Waals surface area (Å²) in [7, 11) is 1.65. The normalized spacial score (nSPS) is 10.9. The summed E-state index contributed by atoms with van der Waals surface area (Å²) < 4.78 is 8.92. The molecule has 108 valence electrons. The van der Waals surface area contributed by atoms with E-state index in [1.807, 2.05) is 30.5 Å². The molecule has 21 heavy (non-hydrogen) atoms. The first-order valence-corrected chi connectivity index (χ1v) is 6.44. The van der Waals surface area contributed by atoms with E-state index in [0.717, 1.165) is 16.7 Å². The van der Waals surface area contributed by atoms with E-state index in [-0.39, 0.29) is 5.69 Å². The Labute approximate surface area is 120 Å². The lowest BCUT2D eigenvalue weighted by atomic mass is 10.2. The number of nitrogens with zero attached hydrogens (tertiary/aromatic N) is 4. The summed E-state index contributed by atoms with van der Waals surface area (Å²) in [4.78, 5) is 10.8. The number of fused-ring (bicyclic) bond motifs is 1. The maximum atomic E-state index is 10.8. The highest BCUT2D eigenvalue weighted by Crippen LogP contribution is 2.26. The molecule has 0 saturated carbocycles. The molecule has 0 aliphatic rings. The number of rotatable bonds is 5. The van der Waals surface area contributed by atoms with Crippen molar-refractivity contribution >= 4 is 16.9 Å². The van der Waals surface area contributed by atoms with E-state index in [0.29, 0.717) is 13.1 Å². The summed E-state index contributed by atoms with van der Waals surface area (Å²) in [5.41, 5.74) is 1.02. The molecule has 0 aliphatic heterocycles. The number of aryl methyl sites for hydroxylation is 2. The van der Waals surface area contributed by atoms with E-state index < -0.39 is 5.97 Å². The van der Waals surface area contributed by atoms with Gasteiger partial charge in [0.05, 0.1) is 25.4 Å². The number of aromatic nitrogens is 4. The molecule has 0 unspecified atom stereocenters. The molecule has 7 nitrogen and oxygen atoms in total. The van der Waals surface area contributed by atoms with Crippen LogP contribution in [0, 0.1) is 0 Å². The van der Waals surface area contributed by atoms with Gasteiger partial charge < -0.3 is 14.4 Å². The zero-order valence-corrected chi connectivity index (χ0v) is 11.4. The van der Waals surface area contributed by atoms with Gasteiger partial charge in [-0.15, -0.1) is 5.10 Å². The molecular weight excluding hydrogens is 272 g/mol. The van der Waals surface area contributed by atoms with Gasteiger partial charge in [-0.05, 0) is 18.2 Å². The van der Waals surface area contributed by atoms with Gasteiger partial charge in [-0.3, -0.25) is 0 Å². The number of aromatic carboxylic acids is 1. The smallest absolute Gasteiger partial charge is 0.358 e. The van der Waals surface area contributed by atoms with Gasteiger partial charge in [0.15, 0.2) is 5.69 Å². The van der Waals surface area contributed by atoms with Gasteiger partial charge in [-0.1, -0.05) is 11.3 Å². The number of carboxylic acid groups (broad SMARTS) is 1. The van der Waals surface area contributed by atoms with Crippen LogP contribution in [0.2, 0.25) is 0 Å². The van der Waals surface area contributed by atoms with E-state index in [1.165, 1.54) is 10.9 Å². The van der Waals surface area contributed by atoms with Crippen molar-refractivity contribution in [3.05, 3.63) is 42.4 Å². The number of carbonyl (C=O) groups is 1. The molecule has 0 bridgehead atoms. The minimum absolute atomic E-state index is 0.0472. The summed E-state index contributed by atoms with van der Waals surface area (Å²) in [5, 5.41) is 17.2. The molecular formula is C14H14N4O3. The fourth-order valence-electron chi connectivity index (χ4n) is 2.28. The zero-order chi connectivity index (χ0) is 14.8. The van der Waals surface area contributed by atoms with Crippen molar-refractivity contribution in [3.8, 4) is 5.75 Å². The molecule has 0 atom stereocenters. The van der Waals surface area contributed by atoms with Gasteiger partial charge in [-0.25, -0.2) is 9.48 Å². The second-order valence-electron chi connectivity index (χ2n) is 4.57. The Morgan fingerprint density at radius 2 is 2.19 bits per heavy atom. The maximum Gasteiger partial charge on any atom is 0.358 e. The molecule has 0 saturated heterocycles. The average molecular weight is 286 g/mol. The van der Waals surface area contributed by atoms with Gasteiger partial charge in [0.1, 0.15) is 5.75 Å². The molecule has 2 aromatic heterocycles. The second kappa shape index (κ2) is 5.28. The number of benzene rings is 1. The van der Waals surface area contributed by atoms with Crippen LogP contribution in [-0.4, -0.2) is 37.7 Å². The quantitative estimate of drug-likeness (QED) is 0.771. The molecule has 0 aliphatic carbocycles. The summed E-state index contributed by atoms with van der Waals surface area (Å²) >= 11 is 0. The van der Waals surface area contributed by atoms with Crippen molar-refractivity contribution in [3.63, 3.8) is 0 Å². The third-order valence-corrected chi connectivity index (χ3v) is 3.32. The molecule has 0 radical (unpaired) electrons. The van der Waals surface area contributed by atoms with Crippen LogP contribution in [0.25, 0.3) is 10.9 Å². The summed E-state index contributed by atoms with van der Waals surface area (Å²) in [5.74, 6) is -0.238. The number of ether oxygens (including phenoxy) is 1. The van der Waals surface area contributed by atoms with Crippen LogP contribution < -0.4 is 4.74 Å². The first kappa shape index (κ1) is 13.2. The SMILES string of the molecule is COc1cccc2c1ccn2CCn1cc(C(=O)O)nn1. The predicted molar refractivity (Wildman–Crippen MR) is 75.5 cm³/mol. The molecule has 2 heterocycles. The lowest BCUT2D eigenvalue weighted by Gasteiger charge is -2.06. The Balaban J connectivity index is 1.80. The Hall–Kier alpha value is -2.83. The summed E-state index contributed by atoms with van der Waals surface area (Å²) in [6, 6.07) is 7.87. The number of methoxy groups -OCH3 is 1. The highest BCUT2D eigenvalue weighted by molar-refractivity contribution is 5.86. The van der Waals surface area contributed by atoms with Crippen LogP contribution in [0.4, 0.5) is 0 Å². The van der Waals surface area contributed by atoms with E-state index in [2.05, 4.69) is 14.9 Å². The highest BCUT2D eigenvalue weighted by Gasteiger charge is 2.09. The van der Waals surface area contributed by atoms with E-state index >= 15 is 0 Å². The van der Waals surface area contributed by atoms with Crippen LogP contribution in [0.1, 0.15) is 10.5 Å². The number of carboxylic acids is 1. The van der Waals surface area contributed by atoms with Crippen molar-refractivity contribution in [1.29, 1.82) is 0 Å². The van der Waals surface area contributed by atoms with Gasteiger partial charge >= 0.3 is 5.97 Å². The van der Waals surface area contributed by atoms with Crippen LogP contribution in [-0.2, 0) is 13.1 Å². The van der Waals surface area contributed by atoms with Crippen LogP contribution >= 0.6 is 0 Å². The molecule has 1 aromatic carbocycles. The molecule has 0 fully saturated rings. The van der Waals surface area contributed by atoms with Gasteiger partial charge in [0.25, 0.3) is 0 Å². The van der Waals surface area contributed by atoms with E-state index in [9.17, 15) is 4.79 Å². The van der Waals surface area contributed by atoms with Gasteiger partial charge in [-0.2, -0.15) is 0 Å². The Morgan fingerprint density at radius 3 is 2.90 bits per heavy atom. The third-order valence-electron chi connectivity index (χ3n) is 3.32. The average Bonchev–Trinajstić information content (AvgIpc) is 3.11. The first-order valence-electron chi connectivity index (χ1n) is 6.44. The van der Waals surface area contributed by atoms with Crippen LogP contribution in [0.15, 0.2) is 36.7 Å². The highest BCUT2D eigenvalue weighted by atomic mass is 16.5. The first-order chi connectivity index (χ1) is 10.2. The standard InChI is InChI=1S/C14H14N4O3/c1-21-13-4-2-3-12-10(13)5-6-17(12)7-8-18-9-11(14(19)20)15-16-18/h2-6,9H,7-8H2,1H3,(H,19,20). The topological polar surface area (TPSA) is 82.2 Å². The molecule has 0 amide bonds. The maximum absolute atomic E-state index is 10.8. The summed E-state index contributed by atoms with van der Waals surface area (Å²) in [6.07, 6.45) is 3.40. The molecule has 3 rings (SSSR count). The number of hydrogen-bond donors (Lipinski definition) is 1. The number of hydrogen-bond acceptors (Lipinski definition) is 4. The zero-order valence-electron chi connectivity index (χ0n) is 11.4. The van der Waals surface area contributed by atoms with Gasteiger partial charge in [0, 0.05) is 18.1 Å². The third kappa shape index (κ3) is 2.45. The molecule has 7 heteroatoms. The molecule has 1 N–H and O–H groups in total. The fourth-order valence-corrected chi connectivity index (χ4v) is 2.28. The minimum Gasteiger partial charge on any atom is -0.496 e. The molecule has 3 aromatic rings. The fraction of sp³-hybridized carbons (Fsp3) is 0.214. The predicted octanol–water partition coefficient (Wildman–Crippen LogP) is 1.64. The monoisotopic (exact) mass is 286 g/mol. The van der Waals surface area contributed by atoms with E-state index in [4.69, 9.17) is 9.84 Å². The van der Waals surface area contributed by atoms with Gasteiger partial charge in [0.2, 0.25) is 0 Å². The van der Waals surface area contributed by atoms with Crippen molar-refractivity contribution in [2.75, 3.05) is 7.11 Å². The Morgan fingerprint density at radius 1 is 1.33 bits per heavy atom. The van der Waals surface area contributed by atoms with Crippen molar-refractivity contribution in [2.24, 2.45) is 0 Å². The lowest BCUT2D eigenvalue weighted by Crippen LogP contribution is -2.07. The molecule has 0 spiro atoms. The van der Waals surface area contributed by atoms with Crippen molar-refractivity contribution in [1.82, 2.24) is 19.6 Å².